The number of carbonyl (C=O) groups is 1. The van der Waals surface area contributed by atoms with Gasteiger partial charge in [-0.15, -0.1) is 0 Å². The van der Waals surface area contributed by atoms with Gasteiger partial charge in [0, 0.05) is 0 Å². The minimum atomic E-state index is -1.83. The molecule has 0 unspecified atom stereocenters. The summed E-state index contributed by atoms with van der Waals surface area (Å²) >= 11 is 0. The van der Waals surface area contributed by atoms with Gasteiger partial charge in [-0.2, -0.15) is 0 Å². The molecule has 1 rings (SSSR count). The van der Waals surface area contributed by atoms with Crippen LogP contribution in [0.15, 0.2) is 18.7 Å². The number of hydrogen-bond acceptors (Lipinski definition) is 3. The smallest absolute Gasteiger partial charge is 0.450 e. The first-order valence-electron chi connectivity index (χ1n) is 2.45. The van der Waals surface area contributed by atoms with E-state index in [1.807, 2.05) is 0 Å². The molecule has 0 atom stereocenters. The summed E-state index contributed by atoms with van der Waals surface area (Å²) in [7, 11) is 0. The fourth-order valence-electron chi connectivity index (χ4n) is 0.313. The third-order valence-electron chi connectivity index (χ3n) is 0.610. The number of nitrogens with zero attached hydrogens (tertiary/aromatic N) is 2. The van der Waals surface area contributed by atoms with E-state index in [0.717, 1.165) is 0 Å². The van der Waals surface area contributed by atoms with E-state index >= 15 is 0 Å². The summed E-state index contributed by atoms with van der Waals surface area (Å²) in [6.07, 6.45) is 4.20. The van der Waals surface area contributed by atoms with Gasteiger partial charge in [0.2, 0.25) is 0 Å². The van der Waals surface area contributed by atoms with Crippen LogP contribution in [0.2, 0.25) is 0 Å². The van der Waals surface area contributed by atoms with Crippen molar-refractivity contribution >= 4 is 12.6 Å². The molecule has 6 nitrogen and oxygen atoms in total. The van der Waals surface area contributed by atoms with Gasteiger partial charge in [-0.05, 0) is 12.5 Å². The van der Waals surface area contributed by atoms with Gasteiger partial charge in [0.15, 0.2) is 0 Å². The number of imidazole rings is 1. The van der Waals surface area contributed by atoms with Gasteiger partial charge in [-0.25, -0.2) is 4.79 Å². The van der Waals surface area contributed by atoms with E-state index in [-0.39, 0.29) is 51.4 Å². The van der Waals surface area contributed by atoms with Crippen LogP contribution in [0, 0.1) is 0 Å². The van der Waals surface area contributed by atoms with Gasteiger partial charge in [0.25, 0.3) is 0 Å². The third kappa shape index (κ3) is 9.79. The number of carbonyl (C=O) groups excluding carboxylic acids is 1. The van der Waals surface area contributed by atoms with Crippen LogP contribution in [0.4, 0.5) is 4.79 Å². The first-order valence-corrected chi connectivity index (χ1v) is 2.45. The summed E-state index contributed by atoms with van der Waals surface area (Å²) in [5.74, 6) is 0. The average Bonchev–Trinajstić information content (AvgIpc) is 2.36. The van der Waals surface area contributed by atoms with Crippen LogP contribution in [0.25, 0.3) is 0 Å². The molecule has 1 aromatic heterocycles. The molecule has 1 aromatic rings. The van der Waals surface area contributed by atoms with Gasteiger partial charge in [-0.1, -0.05) is 6.20 Å². The largest absolute Gasteiger partial charge is 1.00 e. The molecule has 0 amide bonds. The van der Waals surface area contributed by atoms with Crippen molar-refractivity contribution in [2.45, 2.75) is 0 Å². The molecule has 0 saturated carbocycles. The maximum Gasteiger partial charge on any atom is 1.00 e. The molecule has 0 aliphatic rings. The summed E-state index contributed by atoms with van der Waals surface area (Å²) in [6.45, 7) is 0. The van der Waals surface area contributed by atoms with Crippen molar-refractivity contribution in [3.05, 3.63) is 18.7 Å². The third-order valence-corrected chi connectivity index (χ3v) is 0.610. The monoisotopic (exact) mass is 196 g/mol. The molecular formula is C5H5KN2O4. The van der Waals surface area contributed by atoms with Gasteiger partial charge in [0.1, 0.15) is 6.41 Å². The van der Waals surface area contributed by atoms with Crippen LogP contribution in [0.1, 0.15) is 0 Å². The van der Waals surface area contributed by atoms with Crippen molar-refractivity contribution < 1.29 is 71.2 Å². The molecule has 0 bridgehead atoms. The maximum absolute atomic E-state index is 9.67. The topological polar surface area (TPSA) is 92.4 Å². The van der Waals surface area contributed by atoms with E-state index in [0.29, 0.717) is 0 Å². The summed E-state index contributed by atoms with van der Waals surface area (Å²) in [4.78, 5) is 21.8. The zero-order valence-electron chi connectivity index (χ0n) is 6.34. The van der Waals surface area contributed by atoms with E-state index in [2.05, 4.69) is 4.98 Å². The Labute approximate surface area is 111 Å². The first kappa shape index (κ1) is 14.3. The Morgan fingerprint density at radius 2 is 2.00 bits per heavy atom. The van der Waals surface area contributed by atoms with Gasteiger partial charge in [0.05, 0.1) is 0 Å². The Hall–Kier alpha value is -0.214. The van der Waals surface area contributed by atoms with Crippen LogP contribution in [-0.2, 0) is 4.79 Å². The second-order valence-electron chi connectivity index (χ2n) is 1.34. The van der Waals surface area contributed by atoms with E-state index < -0.39 is 6.16 Å². The molecule has 1 heterocycles. The van der Waals surface area contributed by atoms with Crippen LogP contribution in [-0.4, -0.2) is 32.3 Å². The summed E-state index contributed by atoms with van der Waals surface area (Å²) in [5, 5.41) is 13.9. The van der Waals surface area contributed by atoms with Crippen molar-refractivity contribution in [3.8, 4) is 0 Å². The normalized spacial score (nSPS) is 7.00. The zero-order valence-corrected chi connectivity index (χ0v) is 9.46. The molecular weight excluding hydrogens is 191 g/mol. The SMILES string of the molecule is O=C(O)O.O=[C-]n1ccnc1.[K+]. The zero-order chi connectivity index (χ0) is 8.69. The van der Waals surface area contributed by atoms with Crippen molar-refractivity contribution in [1.82, 2.24) is 9.55 Å². The van der Waals surface area contributed by atoms with Crippen molar-refractivity contribution in [3.63, 3.8) is 0 Å². The van der Waals surface area contributed by atoms with Crippen LogP contribution in [0.5, 0.6) is 0 Å². The minimum Gasteiger partial charge on any atom is -0.450 e. The molecule has 2 N–H and O–H groups in total. The average molecular weight is 196 g/mol. The Bertz CT molecular complexity index is 219. The maximum atomic E-state index is 9.67. The fraction of sp³-hybridized carbons (Fsp3) is 0. The Morgan fingerprint density at radius 1 is 1.50 bits per heavy atom. The fourth-order valence-corrected chi connectivity index (χ4v) is 0.313. The van der Waals surface area contributed by atoms with Crippen LogP contribution < -0.4 is 51.4 Å². The predicted octanol–water partition coefficient (Wildman–Crippen LogP) is -2.98. The second-order valence-corrected chi connectivity index (χ2v) is 1.34. The molecule has 0 spiro atoms. The molecule has 7 heteroatoms. The van der Waals surface area contributed by atoms with E-state index in [4.69, 9.17) is 15.0 Å². The number of aromatic nitrogens is 2. The van der Waals surface area contributed by atoms with Crippen molar-refractivity contribution in [2.24, 2.45) is 0 Å². The first-order chi connectivity index (χ1) is 5.16. The number of rotatable bonds is 1. The molecule has 0 fully saturated rings. The molecule has 60 valence electrons. The Kier molecular flexibility index (Phi) is 10.6. The van der Waals surface area contributed by atoms with Crippen molar-refractivity contribution in [1.29, 1.82) is 0 Å². The van der Waals surface area contributed by atoms with E-state index in [9.17, 15) is 4.79 Å². The quantitative estimate of drug-likeness (QED) is 0.369. The predicted molar refractivity (Wildman–Crippen MR) is 34.0 cm³/mol. The van der Waals surface area contributed by atoms with Crippen LogP contribution >= 0.6 is 0 Å². The Balaban J connectivity index is 0. The molecule has 0 saturated heterocycles. The van der Waals surface area contributed by atoms with E-state index in [1.165, 1.54) is 23.3 Å². The second kappa shape index (κ2) is 8.88. The van der Waals surface area contributed by atoms with Crippen LogP contribution in [0.3, 0.4) is 0 Å². The minimum absolute atomic E-state index is 0. The molecule has 0 radical (unpaired) electrons. The van der Waals surface area contributed by atoms with Crippen molar-refractivity contribution in [2.75, 3.05) is 0 Å². The number of hydrogen-bond donors (Lipinski definition) is 2. The van der Waals surface area contributed by atoms with E-state index in [1.54, 1.807) is 6.41 Å². The Morgan fingerprint density at radius 3 is 2.17 bits per heavy atom. The number of carboxylic acid groups (broad SMARTS) is 2. The molecule has 0 aliphatic heterocycles. The molecule has 0 aliphatic carbocycles. The summed E-state index contributed by atoms with van der Waals surface area (Å²) in [5.41, 5.74) is 0. The summed E-state index contributed by atoms with van der Waals surface area (Å²) < 4.78 is 1.21. The summed E-state index contributed by atoms with van der Waals surface area (Å²) in [6, 6.07) is 0. The van der Waals surface area contributed by atoms with Gasteiger partial charge in [-0.3, -0.25) is 0 Å². The van der Waals surface area contributed by atoms with Gasteiger partial charge >= 0.3 is 57.5 Å². The van der Waals surface area contributed by atoms with Gasteiger partial charge < -0.3 is 24.6 Å². The molecule has 0 aromatic carbocycles. The molecule has 12 heavy (non-hydrogen) atoms. The standard InChI is InChI=1S/C4H3N2O.CH2O3.K/c7-4-6-2-1-5-3-6;2-1(3)4;/h1-3H;(H2,2,3,4);/q-1;;+1.